The highest BCUT2D eigenvalue weighted by molar-refractivity contribution is 5.95. The van der Waals surface area contributed by atoms with Crippen LogP contribution >= 0.6 is 0 Å². The van der Waals surface area contributed by atoms with Gasteiger partial charge < -0.3 is 10.6 Å². The number of piperidine rings is 1. The molecule has 1 heterocycles. The van der Waals surface area contributed by atoms with Crippen LogP contribution in [-0.2, 0) is 0 Å². The van der Waals surface area contributed by atoms with Gasteiger partial charge in [-0.05, 0) is 38.9 Å². The van der Waals surface area contributed by atoms with E-state index in [1.807, 2.05) is 0 Å². The van der Waals surface area contributed by atoms with Crippen LogP contribution in [0.4, 0.5) is 5.69 Å². The maximum atomic E-state index is 12.0. The van der Waals surface area contributed by atoms with Crippen molar-refractivity contribution in [2.75, 3.05) is 13.1 Å². The van der Waals surface area contributed by atoms with E-state index in [1.54, 1.807) is 19.1 Å². The van der Waals surface area contributed by atoms with E-state index in [0.29, 0.717) is 11.1 Å². The van der Waals surface area contributed by atoms with Crippen LogP contribution in [0.15, 0.2) is 18.2 Å². The zero-order valence-electron chi connectivity index (χ0n) is 10.8. The molecule has 2 rings (SSSR count). The summed E-state index contributed by atoms with van der Waals surface area (Å²) in [6.45, 7) is 3.44. The Hall–Kier alpha value is -1.95. The molecular formula is C13H17N3O3. The number of aryl methyl sites for hydroxylation is 1. The molecule has 1 aromatic rings. The second-order valence-electron chi connectivity index (χ2n) is 4.76. The third-order valence-electron chi connectivity index (χ3n) is 3.34. The van der Waals surface area contributed by atoms with Crippen molar-refractivity contribution >= 4 is 11.6 Å². The number of hydrogen-bond acceptors (Lipinski definition) is 4. The highest BCUT2D eigenvalue weighted by Crippen LogP contribution is 2.19. The minimum absolute atomic E-state index is 0.0158. The fraction of sp³-hybridized carbons (Fsp3) is 0.462. The predicted octanol–water partition coefficient (Wildman–Crippen LogP) is 1.39. The van der Waals surface area contributed by atoms with E-state index >= 15 is 0 Å². The second-order valence-corrected chi connectivity index (χ2v) is 4.76. The first-order valence-corrected chi connectivity index (χ1v) is 6.34. The Bertz CT molecular complexity index is 496. The Balaban J connectivity index is 2.10. The number of rotatable bonds is 3. The molecule has 6 nitrogen and oxygen atoms in total. The van der Waals surface area contributed by atoms with Gasteiger partial charge in [0.05, 0.1) is 4.92 Å². The molecule has 1 aliphatic heterocycles. The number of carbonyl (C=O) groups is 1. The molecule has 1 aromatic carbocycles. The van der Waals surface area contributed by atoms with Crippen LogP contribution in [0.25, 0.3) is 0 Å². The SMILES string of the molecule is Cc1ccc(C(=O)NC2CCNCC2)cc1[N+](=O)[O-]. The summed E-state index contributed by atoms with van der Waals surface area (Å²) >= 11 is 0. The lowest BCUT2D eigenvalue weighted by molar-refractivity contribution is -0.385. The summed E-state index contributed by atoms with van der Waals surface area (Å²) in [6, 6.07) is 4.72. The zero-order chi connectivity index (χ0) is 13.8. The lowest BCUT2D eigenvalue weighted by Gasteiger charge is -2.23. The van der Waals surface area contributed by atoms with Crippen molar-refractivity contribution < 1.29 is 9.72 Å². The van der Waals surface area contributed by atoms with E-state index in [-0.39, 0.29) is 17.6 Å². The molecule has 0 spiro atoms. The number of nitrogens with one attached hydrogen (secondary N) is 2. The number of nitro groups is 1. The summed E-state index contributed by atoms with van der Waals surface area (Å²) in [6.07, 6.45) is 1.78. The van der Waals surface area contributed by atoms with Crippen molar-refractivity contribution in [1.82, 2.24) is 10.6 Å². The van der Waals surface area contributed by atoms with E-state index in [9.17, 15) is 14.9 Å². The molecule has 0 radical (unpaired) electrons. The second kappa shape index (κ2) is 5.79. The van der Waals surface area contributed by atoms with Gasteiger partial charge in [0.15, 0.2) is 0 Å². The van der Waals surface area contributed by atoms with Crippen LogP contribution < -0.4 is 10.6 Å². The van der Waals surface area contributed by atoms with Gasteiger partial charge in [0.2, 0.25) is 0 Å². The van der Waals surface area contributed by atoms with Crippen LogP contribution in [0.2, 0.25) is 0 Å². The van der Waals surface area contributed by atoms with Gasteiger partial charge in [-0.25, -0.2) is 0 Å². The topological polar surface area (TPSA) is 84.3 Å². The third kappa shape index (κ3) is 3.29. The highest BCUT2D eigenvalue weighted by Gasteiger charge is 2.19. The molecule has 1 amide bonds. The lowest BCUT2D eigenvalue weighted by Crippen LogP contribution is -2.42. The summed E-state index contributed by atoms with van der Waals surface area (Å²) in [5.74, 6) is -0.241. The Morgan fingerprint density at radius 3 is 2.74 bits per heavy atom. The summed E-state index contributed by atoms with van der Waals surface area (Å²) < 4.78 is 0. The predicted molar refractivity (Wildman–Crippen MR) is 71.2 cm³/mol. The molecule has 0 aromatic heterocycles. The molecule has 0 saturated carbocycles. The van der Waals surface area contributed by atoms with Gasteiger partial charge >= 0.3 is 0 Å². The molecule has 0 aliphatic carbocycles. The zero-order valence-corrected chi connectivity index (χ0v) is 10.8. The lowest BCUT2D eigenvalue weighted by atomic mass is 10.1. The first-order valence-electron chi connectivity index (χ1n) is 6.34. The molecular weight excluding hydrogens is 246 g/mol. The summed E-state index contributed by atoms with van der Waals surface area (Å²) in [7, 11) is 0. The van der Waals surface area contributed by atoms with Crippen LogP contribution in [0.3, 0.4) is 0 Å². The molecule has 1 saturated heterocycles. The van der Waals surface area contributed by atoms with Crippen molar-refractivity contribution in [2.45, 2.75) is 25.8 Å². The Morgan fingerprint density at radius 2 is 2.11 bits per heavy atom. The molecule has 2 N–H and O–H groups in total. The van der Waals surface area contributed by atoms with Gasteiger partial charge in [-0.15, -0.1) is 0 Å². The summed E-state index contributed by atoms with van der Waals surface area (Å²) in [5.41, 5.74) is 0.886. The molecule has 6 heteroatoms. The smallest absolute Gasteiger partial charge is 0.273 e. The quantitative estimate of drug-likeness (QED) is 0.637. The van der Waals surface area contributed by atoms with Crippen molar-refractivity contribution in [1.29, 1.82) is 0 Å². The maximum Gasteiger partial charge on any atom is 0.273 e. The first kappa shape index (κ1) is 13.5. The van der Waals surface area contributed by atoms with Gasteiger partial charge in [-0.1, -0.05) is 6.07 Å². The minimum atomic E-state index is -0.462. The molecule has 1 fully saturated rings. The van der Waals surface area contributed by atoms with Gasteiger partial charge in [0, 0.05) is 23.2 Å². The Morgan fingerprint density at radius 1 is 1.42 bits per heavy atom. The normalized spacial score (nSPS) is 16.1. The number of hydrogen-bond donors (Lipinski definition) is 2. The number of benzene rings is 1. The molecule has 0 bridgehead atoms. The Kier molecular flexibility index (Phi) is 4.11. The number of carbonyl (C=O) groups excluding carboxylic acids is 1. The standard InChI is InChI=1S/C13H17N3O3/c1-9-2-3-10(8-12(9)16(18)19)13(17)15-11-4-6-14-7-5-11/h2-3,8,11,14H,4-7H2,1H3,(H,15,17). The Labute approximate surface area is 111 Å². The monoisotopic (exact) mass is 263 g/mol. The average Bonchev–Trinajstić information content (AvgIpc) is 2.40. The van der Waals surface area contributed by atoms with E-state index < -0.39 is 4.92 Å². The maximum absolute atomic E-state index is 12.0. The van der Waals surface area contributed by atoms with Crippen molar-refractivity contribution in [3.63, 3.8) is 0 Å². The van der Waals surface area contributed by atoms with Crippen LogP contribution in [0.1, 0.15) is 28.8 Å². The summed E-state index contributed by atoms with van der Waals surface area (Å²) in [5, 5.41) is 17.0. The van der Waals surface area contributed by atoms with Gasteiger partial charge in [0.25, 0.3) is 11.6 Å². The number of amides is 1. The fourth-order valence-electron chi connectivity index (χ4n) is 2.18. The van der Waals surface area contributed by atoms with Gasteiger partial charge in [-0.2, -0.15) is 0 Å². The van der Waals surface area contributed by atoms with E-state index in [4.69, 9.17) is 0 Å². The van der Waals surface area contributed by atoms with Gasteiger partial charge in [0.1, 0.15) is 0 Å². The van der Waals surface area contributed by atoms with E-state index in [2.05, 4.69) is 10.6 Å². The summed E-state index contributed by atoms with van der Waals surface area (Å²) in [4.78, 5) is 22.4. The fourth-order valence-corrected chi connectivity index (χ4v) is 2.18. The van der Waals surface area contributed by atoms with Gasteiger partial charge in [-0.3, -0.25) is 14.9 Å². The van der Waals surface area contributed by atoms with Crippen molar-refractivity contribution in [3.8, 4) is 0 Å². The average molecular weight is 263 g/mol. The molecule has 102 valence electrons. The van der Waals surface area contributed by atoms with Crippen molar-refractivity contribution in [3.05, 3.63) is 39.4 Å². The van der Waals surface area contributed by atoms with E-state index in [0.717, 1.165) is 25.9 Å². The highest BCUT2D eigenvalue weighted by atomic mass is 16.6. The third-order valence-corrected chi connectivity index (χ3v) is 3.34. The molecule has 19 heavy (non-hydrogen) atoms. The van der Waals surface area contributed by atoms with Crippen molar-refractivity contribution in [2.24, 2.45) is 0 Å². The number of nitrogens with zero attached hydrogens (tertiary/aromatic N) is 1. The molecule has 1 aliphatic rings. The van der Waals surface area contributed by atoms with Crippen LogP contribution in [0.5, 0.6) is 0 Å². The van der Waals surface area contributed by atoms with Crippen LogP contribution in [-0.4, -0.2) is 30.0 Å². The largest absolute Gasteiger partial charge is 0.349 e. The molecule has 0 atom stereocenters. The first-order chi connectivity index (χ1) is 9.08. The van der Waals surface area contributed by atoms with Crippen LogP contribution in [0, 0.1) is 17.0 Å². The minimum Gasteiger partial charge on any atom is -0.349 e. The number of nitro benzene ring substituents is 1. The van der Waals surface area contributed by atoms with E-state index in [1.165, 1.54) is 6.07 Å². The molecule has 0 unspecified atom stereocenters.